The topological polar surface area (TPSA) is 75.8 Å². The third-order valence-electron chi connectivity index (χ3n) is 3.63. The van der Waals surface area contributed by atoms with Gasteiger partial charge in [0.1, 0.15) is 0 Å². The molecule has 1 amide bonds. The van der Waals surface area contributed by atoms with Gasteiger partial charge in [-0.05, 0) is 23.8 Å². The molecular weight excluding hydrogens is 362 g/mol. The molecule has 0 unspecified atom stereocenters. The maximum absolute atomic E-state index is 12.7. The highest BCUT2D eigenvalue weighted by molar-refractivity contribution is 8.13. The summed E-state index contributed by atoms with van der Waals surface area (Å²) in [6, 6.07) is 13.2. The molecule has 25 heavy (non-hydrogen) atoms. The van der Waals surface area contributed by atoms with Gasteiger partial charge >= 0.3 is 0 Å². The van der Waals surface area contributed by atoms with Crippen molar-refractivity contribution in [1.29, 1.82) is 0 Å². The average molecular weight is 376 g/mol. The number of aliphatic imine (C=N–C) groups is 1. The Hall–Kier alpha value is -2.38. The Labute approximate surface area is 153 Å². The number of carbonyl (C=O) groups excluding carboxylic acids is 1. The van der Waals surface area contributed by atoms with Crippen LogP contribution >= 0.6 is 23.4 Å². The zero-order valence-electron chi connectivity index (χ0n) is 13.1. The molecule has 1 heterocycles. The van der Waals surface area contributed by atoms with Gasteiger partial charge in [-0.25, -0.2) is 0 Å². The first-order chi connectivity index (χ1) is 12.0. The van der Waals surface area contributed by atoms with E-state index in [4.69, 9.17) is 11.6 Å². The molecule has 2 aromatic carbocycles. The van der Waals surface area contributed by atoms with Crippen LogP contribution in [0.5, 0.6) is 0 Å². The second-order valence-electron chi connectivity index (χ2n) is 5.34. The van der Waals surface area contributed by atoms with Crippen LogP contribution < -0.4 is 0 Å². The minimum absolute atomic E-state index is 0.0997. The van der Waals surface area contributed by atoms with Crippen LogP contribution in [-0.2, 0) is 5.75 Å². The molecule has 6 nitrogen and oxygen atoms in total. The number of nitro benzene ring substituents is 1. The molecule has 0 radical (unpaired) electrons. The van der Waals surface area contributed by atoms with Gasteiger partial charge in [0.05, 0.1) is 11.5 Å². The SMILES string of the molecule is O=C(c1cccc([N+](=O)[O-])c1)N1CCN=C1SCc1ccc(Cl)cc1. The normalized spacial score (nSPS) is 13.6. The van der Waals surface area contributed by atoms with E-state index in [1.54, 1.807) is 11.0 Å². The number of hydrogen-bond acceptors (Lipinski definition) is 5. The first kappa shape index (κ1) is 17.4. The number of nitro groups is 1. The van der Waals surface area contributed by atoms with Crippen molar-refractivity contribution in [3.8, 4) is 0 Å². The van der Waals surface area contributed by atoms with E-state index in [1.807, 2.05) is 24.3 Å². The Balaban J connectivity index is 1.70. The van der Waals surface area contributed by atoms with Crippen LogP contribution in [0.1, 0.15) is 15.9 Å². The summed E-state index contributed by atoms with van der Waals surface area (Å²) in [6.45, 7) is 1.01. The van der Waals surface area contributed by atoms with E-state index < -0.39 is 4.92 Å². The van der Waals surface area contributed by atoms with E-state index in [1.165, 1.54) is 30.0 Å². The molecule has 0 spiro atoms. The number of amidine groups is 1. The Morgan fingerprint density at radius 1 is 1.28 bits per heavy atom. The molecule has 1 aliphatic heterocycles. The summed E-state index contributed by atoms with van der Waals surface area (Å²) in [4.78, 5) is 29.0. The van der Waals surface area contributed by atoms with Gasteiger partial charge in [-0.2, -0.15) is 0 Å². The van der Waals surface area contributed by atoms with Gasteiger partial charge in [-0.15, -0.1) is 0 Å². The Morgan fingerprint density at radius 3 is 2.76 bits per heavy atom. The van der Waals surface area contributed by atoms with Gasteiger partial charge in [-0.3, -0.25) is 24.8 Å². The summed E-state index contributed by atoms with van der Waals surface area (Å²) < 4.78 is 0. The van der Waals surface area contributed by atoms with Crippen LogP contribution in [0.15, 0.2) is 53.5 Å². The van der Waals surface area contributed by atoms with Crippen molar-refractivity contribution < 1.29 is 9.72 Å². The smallest absolute Gasteiger partial charge is 0.270 e. The molecule has 0 saturated heterocycles. The van der Waals surface area contributed by atoms with Gasteiger partial charge in [0, 0.05) is 35.0 Å². The number of nitrogens with zero attached hydrogens (tertiary/aromatic N) is 3. The van der Waals surface area contributed by atoms with Crippen LogP contribution in [0, 0.1) is 10.1 Å². The maximum Gasteiger partial charge on any atom is 0.270 e. The van der Waals surface area contributed by atoms with Crippen LogP contribution in [-0.4, -0.2) is 34.0 Å². The van der Waals surface area contributed by atoms with E-state index in [0.29, 0.717) is 29.0 Å². The lowest BCUT2D eigenvalue weighted by Crippen LogP contribution is -2.32. The summed E-state index contributed by atoms with van der Waals surface area (Å²) in [5.41, 5.74) is 1.26. The van der Waals surface area contributed by atoms with Gasteiger partial charge in [0.15, 0.2) is 5.17 Å². The lowest BCUT2D eigenvalue weighted by atomic mass is 10.2. The highest BCUT2D eigenvalue weighted by Crippen LogP contribution is 2.23. The van der Waals surface area contributed by atoms with E-state index >= 15 is 0 Å². The third kappa shape index (κ3) is 4.18. The maximum atomic E-state index is 12.7. The van der Waals surface area contributed by atoms with Crippen molar-refractivity contribution in [3.05, 3.63) is 74.8 Å². The molecule has 128 valence electrons. The van der Waals surface area contributed by atoms with Gasteiger partial charge in [0.25, 0.3) is 11.6 Å². The molecule has 2 aromatic rings. The van der Waals surface area contributed by atoms with E-state index in [9.17, 15) is 14.9 Å². The first-order valence-corrected chi connectivity index (χ1v) is 8.89. The second-order valence-corrected chi connectivity index (χ2v) is 6.72. The van der Waals surface area contributed by atoms with Crippen LogP contribution in [0.3, 0.4) is 0 Å². The number of thioether (sulfide) groups is 1. The molecule has 1 aliphatic rings. The summed E-state index contributed by atoms with van der Waals surface area (Å²) in [6.07, 6.45) is 0. The summed E-state index contributed by atoms with van der Waals surface area (Å²) in [5.74, 6) is 0.387. The van der Waals surface area contributed by atoms with Crippen LogP contribution in [0.4, 0.5) is 5.69 Å². The van der Waals surface area contributed by atoms with E-state index in [2.05, 4.69) is 4.99 Å². The Kier molecular flexibility index (Phi) is 5.35. The average Bonchev–Trinajstić information content (AvgIpc) is 3.09. The van der Waals surface area contributed by atoms with Crippen molar-refractivity contribution in [2.24, 2.45) is 4.99 Å². The fourth-order valence-electron chi connectivity index (χ4n) is 2.38. The Bertz CT molecular complexity index is 839. The predicted octanol–water partition coefficient (Wildman–Crippen LogP) is 3.99. The summed E-state index contributed by atoms with van der Waals surface area (Å²) in [7, 11) is 0. The number of non-ortho nitro benzene ring substituents is 1. The second kappa shape index (κ2) is 7.67. The van der Waals surface area contributed by atoms with Crippen molar-refractivity contribution in [2.75, 3.05) is 13.1 Å². The number of halogens is 1. The number of hydrogen-bond donors (Lipinski definition) is 0. The number of amides is 1. The van der Waals surface area contributed by atoms with Crippen molar-refractivity contribution in [2.45, 2.75) is 5.75 Å². The van der Waals surface area contributed by atoms with E-state index in [0.717, 1.165) is 5.56 Å². The van der Waals surface area contributed by atoms with E-state index in [-0.39, 0.29) is 17.2 Å². The van der Waals surface area contributed by atoms with Crippen molar-refractivity contribution in [1.82, 2.24) is 4.90 Å². The lowest BCUT2D eigenvalue weighted by Gasteiger charge is -2.17. The minimum Gasteiger partial charge on any atom is -0.286 e. The van der Waals surface area contributed by atoms with Gasteiger partial charge in [0.2, 0.25) is 0 Å². The fraction of sp³-hybridized carbons (Fsp3) is 0.176. The van der Waals surface area contributed by atoms with Gasteiger partial charge in [-0.1, -0.05) is 41.6 Å². The summed E-state index contributed by atoms with van der Waals surface area (Å²) >= 11 is 7.34. The summed E-state index contributed by atoms with van der Waals surface area (Å²) in [5, 5.41) is 12.2. The molecular formula is C17H14ClN3O3S. The van der Waals surface area contributed by atoms with Crippen LogP contribution in [0.25, 0.3) is 0 Å². The zero-order chi connectivity index (χ0) is 17.8. The van der Waals surface area contributed by atoms with Crippen molar-refractivity contribution >= 4 is 40.1 Å². The molecule has 0 fully saturated rings. The Morgan fingerprint density at radius 2 is 2.04 bits per heavy atom. The highest BCUT2D eigenvalue weighted by atomic mass is 35.5. The highest BCUT2D eigenvalue weighted by Gasteiger charge is 2.26. The molecule has 0 aromatic heterocycles. The standard InChI is InChI=1S/C17H14ClN3O3S/c18-14-6-4-12(5-7-14)11-25-17-19-8-9-20(17)16(22)13-2-1-3-15(10-13)21(23)24/h1-7,10H,8-9,11H2. The zero-order valence-corrected chi connectivity index (χ0v) is 14.7. The molecule has 0 atom stereocenters. The fourth-order valence-corrected chi connectivity index (χ4v) is 3.50. The number of benzene rings is 2. The molecule has 0 saturated carbocycles. The van der Waals surface area contributed by atoms with Gasteiger partial charge < -0.3 is 0 Å². The first-order valence-electron chi connectivity index (χ1n) is 7.52. The molecule has 0 N–H and O–H groups in total. The third-order valence-corrected chi connectivity index (χ3v) is 4.97. The predicted molar refractivity (Wildman–Crippen MR) is 99.2 cm³/mol. The monoisotopic (exact) mass is 375 g/mol. The molecule has 0 bridgehead atoms. The largest absolute Gasteiger partial charge is 0.286 e. The minimum atomic E-state index is -0.509. The number of carbonyl (C=O) groups is 1. The number of rotatable bonds is 4. The van der Waals surface area contributed by atoms with Crippen LogP contribution in [0.2, 0.25) is 5.02 Å². The molecule has 0 aliphatic carbocycles. The quantitative estimate of drug-likeness (QED) is 0.598. The molecule has 8 heteroatoms. The molecule has 3 rings (SSSR count). The lowest BCUT2D eigenvalue weighted by molar-refractivity contribution is -0.384. The van der Waals surface area contributed by atoms with Crippen molar-refractivity contribution in [3.63, 3.8) is 0 Å².